The Balaban J connectivity index is 1.29. The molecular weight excluding hydrogens is 711 g/mol. The number of nitrogens with one attached hydrogen (secondary N) is 1. The monoisotopic (exact) mass is 749 g/mol. The van der Waals surface area contributed by atoms with Crippen LogP contribution in [0, 0.1) is 23.7 Å². The van der Waals surface area contributed by atoms with Crippen LogP contribution in [0.4, 0.5) is 18.9 Å². The Bertz CT molecular complexity index is 2070. The average Bonchev–Trinajstić information content (AvgIpc) is 3.19. The molecule has 4 aromatic carbocycles. The van der Waals surface area contributed by atoms with Crippen molar-refractivity contribution in [1.82, 2.24) is 0 Å². The summed E-state index contributed by atoms with van der Waals surface area (Å²) in [5, 5.41) is 2.37. The van der Waals surface area contributed by atoms with Gasteiger partial charge in [-0.3, -0.25) is 4.79 Å². The first-order valence-corrected chi connectivity index (χ1v) is 17.2. The molecule has 0 saturated carbocycles. The van der Waals surface area contributed by atoms with E-state index in [-0.39, 0.29) is 17.7 Å². The van der Waals surface area contributed by atoms with Crippen molar-refractivity contribution in [2.45, 2.75) is 31.9 Å². The molecule has 0 radical (unpaired) electrons. The highest BCUT2D eigenvalue weighted by molar-refractivity contribution is 6.04. The van der Waals surface area contributed by atoms with Crippen molar-refractivity contribution >= 4 is 23.5 Å². The first-order chi connectivity index (χ1) is 26.5. The van der Waals surface area contributed by atoms with E-state index in [0.29, 0.717) is 68.1 Å². The molecule has 0 atom stereocenters. The van der Waals surface area contributed by atoms with E-state index in [1.165, 1.54) is 24.3 Å². The van der Waals surface area contributed by atoms with Crippen LogP contribution in [-0.2, 0) is 25.2 Å². The lowest BCUT2D eigenvalue weighted by atomic mass is 10.1. The summed E-state index contributed by atoms with van der Waals surface area (Å²) in [6.07, 6.45) is 0.153. The Morgan fingerprint density at radius 3 is 1.42 bits per heavy atom. The number of hydrogen-bond donors (Lipinski definition) is 1. The number of rotatable bonds is 16. The van der Waals surface area contributed by atoms with Crippen molar-refractivity contribution in [3.8, 4) is 35.2 Å². The van der Waals surface area contributed by atoms with Gasteiger partial charge in [0, 0.05) is 40.0 Å². The highest BCUT2D eigenvalue weighted by atomic mass is 19.4. The highest BCUT2D eigenvalue weighted by Crippen LogP contribution is 2.35. The van der Waals surface area contributed by atoms with Gasteiger partial charge < -0.3 is 24.3 Å². The van der Waals surface area contributed by atoms with Crippen molar-refractivity contribution in [2.75, 3.05) is 31.7 Å². The fraction of sp³-hybridized carbons (Fsp3) is 0.205. The Labute approximate surface area is 318 Å². The predicted octanol–water partition coefficient (Wildman–Crippen LogP) is 8.53. The van der Waals surface area contributed by atoms with Crippen LogP contribution in [0.15, 0.2) is 116 Å². The van der Waals surface area contributed by atoms with E-state index in [9.17, 15) is 27.6 Å². The summed E-state index contributed by atoms with van der Waals surface area (Å²) in [4.78, 5) is 35.0. The van der Waals surface area contributed by atoms with Gasteiger partial charge in [-0.15, -0.1) is 0 Å². The van der Waals surface area contributed by atoms with Gasteiger partial charge in [0.1, 0.15) is 11.5 Å². The molecular formula is C44H38F3NO7. The van der Waals surface area contributed by atoms with Crippen LogP contribution in [0.2, 0.25) is 0 Å². The zero-order valence-electron chi connectivity index (χ0n) is 29.9. The molecule has 0 spiro atoms. The Morgan fingerprint density at radius 2 is 0.982 bits per heavy atom. The highest BCUT2D eigenvalue weighted by Gasteiger charge is 2.34. The van der Waals surface area contributed by atoms with Gasteiger partial charge in [-0.2, -0.15) is 13.2 Å². The van der Waals surface area contributed by atoms with E-state index < -0.39 is 35.3 Å². The van der Waals surface area contributed by atoms with Crippen molar-refractivity contribution in [3.05, 3.63) is 150 Å². The molecule has 0 saturated heterocycles. The van der Waals surface area contributed by atoms with Crippen LogP contribution in [0.1, 0.15) is 63.9 Å². The SMILES string of the molecule is C=CC(=O)OCCCCOc1ccc(C#Cc2ccc(C(=O)Nc3ccc(C#Cc4ccc(OCCCCOC(=O)C=C)cc4)cc3C(F)(F)F)cc2)cc1. The molecule has 11 heteroatoms. The molecule has 282 valence electrons. The second kappa shape index (κ2) is 21.1. The predicted molar refractivity (Wildman–Crippen MR) is 202 cm³/mol. The van der Waals surface area contributed by atoms with E-state index in [1.807, 2.05) is 0 Å². The minimum atomic E-state index is -4.75. The molecule has 0 aliphatic heterocycles. The third-order valence-electron chi connectivity index (χ3n) is 7.57. The number of carbonyl (C=O) groups excluding carboxylic acids is 3. The van der Waals surface area contributed by atoms with Crippen molar-refractivity contribution < 1.29 is 46.5 Å². The van der Waals surface area contributed by atoms with Crippen LogP contribution in [0.25, 0.3) is 0 Å². The van der Waals surface area contributed by atoms with Gasteiger partial charge in [0.2, 0.25) is 0 Å². The average molecular weight is 750 g/mol. The first-order valence-electron chi connectivity index (χ1n) is 17.2. The van der Waals surface area contributed by atoms with Gasteiger partial charge in [-0.25, -0.2) is 9.59 Å². The van der Waals surface area contributed by atoms with E-state index in [1.54, 1.807) is 60.7 Å². The number of alkyl halides is 3. The maximum atomic E-state index is 14.1. The number of anilines is 1. The lowest BCUT2D eigenvalue weighted by Crippen LogP contribution is -2.17. The summed E-state index contributed by atoms with van der Waals surface area (Å²) < 4.78 is 63.4. The number of hydrogen-bond acceptors (Lipinski definition) is 7. The van der Waals surface area contributed by atoms with E-state index in [0.717, 1.165) is 23.8 Å². The second-order valence-corrected chi connectivity index (χ2v) is 11.7. The zero-order valence-corrected chi connectivity index (χ0v) is 29.9. The topological polar surface area (TPSA) is 100 Å². The summed E-state index contributed by atoms with van der Waals surface area (Å²) in [6, 6.07) is 23.7. The lowest BCUT2D eigenvalue weighted by Gasteiger charge is -2.14. The summed E-state index contributed by atoms with van der Waals surface area (Å²) in [7, 11) is 0. The summed E-state index contributed by atoms with van der Waals surface area (Å²) >= 11 is 0. The fourth-order valence-electron chi connectivity index (χ4n) is 4.67. The van der Waals surface area contributed by atoms with Crippen LogP contribution in [0.5, 0.6) is 11.5 Å². The zero-order chi connectivity index (χ0) is 39.5. The molecule has 0 heterocycles. The fourth-order valence-corrected chi connectivity index (χ4v) is 4.67. The van der Waals surface area contributed by atoms with Crippen molar-refractivity contribution in [2.24, 2.45) is 0 Å². The number of halogens is 3. The van der Waals surface area contributed by atoms with Gasteiger partial charge in [0.15, 0.2) is 0 Å². The molecule has 55 heavy (non-hydrogen) atoms. The minimum Gasteiger partial charge on any atom is -0.494 e. The van der Waals surface area contributed by atoms with Gasteiger partial charge in [0.05, 0.1) is 37.7 Å². The van der Waals surface area contributed by atoms with Crippen molar-refractivity contribution in [1.29, 1.82) is 0 Å². The van der Waals surface area contributed by atoms with Crippen LogP contribution >= 0.6 is 0 Å². The molecule has 0 unspecified atom stereocenters. The number of benzene rings is 4. The Morgan fingerprint density at radius 1 is 0.582 bits per heavy atom. The number of unbranched alkanes of at least 4 members (excludes halogenated alkanes) is 2. The quantitative estimate of drug-likeness (QED) is 0.0531. The Hall–Kier alpha value is -6.72. The van der Waals surface area contributed by atoms with Gasteiger partial charge in [-0.1, -0.05) is 36.8 Å². The number of amides is 1. The standard InChI is InChI=1S/C44H38F3NO7/c1-3-41(49)54-29-7-5-27-52-37-22-15-33(16-23-37)10-9-32-13-20-36(21-14-32)43(51)48-40-26-19-35(31-39(40)44(45,46)47)12-11-34-17-24-38(25-18-34)53-28-6-8-30-55-42(50)4-2/h3-4,13-26,31H,1-2,5-8,27-30H2,(H,48,51). The molecule has 0 aliphatic carbocycles. The molecule has 0 bridgehead atoms. The summed E-state index contributed by atoms with van der Waals surface area (Å²) in [5.41, 5.74) is 0.764. The van der Waals surface area contributed by atoms with Gasteiger partial charge in [0.25, 0.3) is 5.91 Å². The summed E-state index contributed by atoms with van der Waals surface area (Å²) in [6.45, 7) is 8.13. The number of esters is 2. The second-order valence-electron chi connectivity index (χ2n) is 11.7. The molecule has 0 fully saturated rings. The largest absolute Gasteiger partial charge is 0.494 e. The van der Waals surface area contributed by atoms with Gasteiger partial charge >= 0.3 is 18.1 Å². The maximum absolute atomic E-state index is 14.1. The normalized spacial score (nSPS) is 10.4. The molecule has 0 aromatic heterocycles. The van der Waals surface area contributed by atoms with E-state index in [4.69, 9.17) is 18.9 Å². The van der Waals surface area contributed by atoms with E-state index in [2.05, 4.69) is 42.2 Å². The van der Waals surface area contributed by atoms with Crippen molar-refractivity contribution in [3.63, 3.8) is 0 Å². The molecule has 1 N–H and O–H groups in total. The van der Waals surface area contributed by atoms with Crippen LogP contribution in [-0.4, -0.2) is 44.3 Å². The molecule has 8 nitrogen and oxygen atoms in total. The molecule has 0 aliphatic rings. The van der Waals surface area contributed by atoms with Crippen LogP contribution in [0.3, 0.4) is 0 Å². The molecule has 1 amide bonds. The summed E-state index contributed by atoms with van der Waals surface area (Å²) in [5.74, 6) is 11.3. The van der Waals surface area contributed by atoms with Gasteiger partial charge in [-0.05, 0) is 117 Å². The smallest absolute Gasteiger partial charge is 0.418 e. The van der Waals surface area contributed by atoms with Crippen LogP contribution < -0.4 is 14.8 Å². The number of ether oxygens (including phenoxy) is 4. The minimum absolute atomic E-state index is 0.119. The third kappa shape index (κ3) is 14.3. The number of carbonyl (C=O) groups is 3. The first kappa shape index (κ1) is 41.0. The Kier molecular flexibility index (Phi) is 15.7. The molecule has 4 rings (SSSR count). The molecule has 4 aromatic rings. The lowest BCUT2D eigenvalue weighted by molar-refractivity contribution is -0.138. The third-order valence-corrected chi connectivity index (χ3v) is 7.57. The maximum Gasteiger partial charge on any atom is 0.418 e. The van der Waals surface area contributed by atoms with E-state index >= 15 is 0 Å².